The van der Waals surface area contributed by atoms with Crippen LogP contribution in [0.25, 0.3) is 0 Å². The fourth-order valence-electron chi connectivity index (χ4n) is 1.95. The molecule has 5 heteroatoms. The third-order valence-corrected chi connectivity index (χ3v) is 3.18. The van der Waals surface area contributed by atoms with Gasteiger partial charge in [0.1, 0.15) is 5.69 Å². The first kappa shape index (κ1) is 16.0. The van der Waals surface area contributed by atoms with Crippen molar-refractivity contribution in [3.05, 3.63) is 59.9 Å². The van der Waals surface area contributed by atoms with Crippen LogP contribution in [-0.4, -0.2) is 43.0 Å². The Kier molecular flexibility index (Phi) is 5.91. The van der Waals surface area contributed by atoms with Crippen LogP contribution < -0.4 is 10.6 Å². The summed E-state index contributed by atoms with van der Waals surface area (Å²) in [4.78, 5) is 18.2. The van der Waals surface area contributed by atoms with Crippen LogP contribution in [-0.2, 0) is 6.54 Å². The minimum atomic E-state index is -0.148. The van der Waals surface area contributed by atoms with Crippen molar-refractivity contribution in [2.75, 3.05) is 32.5 Å². The number of aromatic nitrogens is 1. The number of hydrogen-bond acceptors (Lipinski definition) is 4. The molecular weight excluding hydrogens is 276 g/mol. The van der Waals surface area contributed by atoms with Crippen LogP contribution in [0.4, 0.5) is 5.69 Å². The Morgan fingerprint density at radius 3 is 2.68 bits per heavy atom. The summed E-state index contributed by atoms with van der Waals surface area (Å²) in [6, 6.07) is 13.8. The van der Waals surface area contributed by atoms with Gasteiger partial charge in [-0.05, 0) is 31.8 Å². The summed E-state index contributed by atoms with van der Waals surface area (Å²) in [7, 11) is 3.94. The maximum atomic E-state index is 12.0. The lowest BCUT2D eigenvalue weighted by molar-refractivity contribution is 0.0946. The van der Waals surface area contributed by atoms with Gasteiger partial charge in [0, 0.05) is 31.5 Å². The largest absolute Gasteiger partial charge is 0.381 e. The first-order valence-corrected chi connectivity index (χ1v) is 7.32. The third kappa shape index (κ3) is 5.18. The highest BCUT2D eigenvalue weighted by Gasteiger charge is 2.07. The molecule has 1 aromatic carbocycles. The summed E-state index contributed by atoms with van der Waals surface area (Å²) < 4.78 is 0. The van der Waals surface area contributed by atoms with E-state index in [1.54, 1.807) is 12.3 Å². The number of pyridine rings is 1. The number of amides is 1. The molecule has 0 aliphatic carbocycles. The summed E-state index contributed by atoms with van der Waals surface area (Å²) >= 11 is 0. The van der Waals surface area contributed by atoms with Gasteiger partial charge in [-0.1, -0.05) is 30.3 Å². The molecule has 22 heavy (non-hydrogen) atoms. The van der Waals surface area contributed by atoms with E-state index in [2.05, 4.69) is 27.8 Å². The van der Waals surface area contributed by atoms with Crippen molar-refractivity contribution in [3.63, 3.8) is 0 Å². The Hall–Kier alpha value is -2.40. The second-order valence-electron chi connectivity index (χ2n) is 5.33. The Balaban J connectivity index is 1.90. The van der Waals surface area contributed by atoms with Crippen molar-refractivity contribution >= 4 is 11.6 Å². The highest BCUT2D eigenvalue weighted by molar-refractivity contribution is 5.93. The standard InChI is InChI=1S/C17H22N4O/c1-21(2)11-10-19-17(22)16-12-15(8-9-18-16)20-13-14-6-4-3-5-7-14/h3-9,12H,10-11,13H2,1-2H3,(H,18,20)(H,19,22). The van der Waals surface area contributed by atoms with E-state index < -0.39 is 0 Å². The van der Waals surface area contributed by atoms with E-state index in [9.17, 15) is 4.79 Å². The van der Waals surface area contributed by atoms with Gasteiger partial charge in [-0.15, -0.1) is 0 Å². The molecule has 0 aliphatic heterocycles. The molecule has 5 nitrogen and oxygen atoms in total. The summed E-state index contributed by atoms with van der Waals surface area (Å²) in [6.45, 7) is 2.12. The van der Waals surface area contributed by atoms with Crippen molar-refractivity contribution in [2.24, 2.45) is 0 Å². The topological polar surface area (TPSA) is 57.3 Å². The second kappa shape index (κ2) is 8.14. The van der Waals surface area contributed by atoms with Crippen molar-refractivity contribution in [1.82, 2.24) is 15.2 Å². The van der Waals surface area contributed by atoms with Crippen LogP contribution in [0, 0.1) is 0 Å². The molecule has 0 saturated carbocycles. The van der Waals surface area contributed by atoms with E-state index in [0.717, 1.165) is 12.2 Å². The highest BCUT2D eigenvalue weighted by Crippen LogP contribution is 2.10. The summed E-state index contributed by atoms with van der Waals surface area (Å²) in [5.41, 5.74) is 2.50. The average molecular weight is 298 g/mol. The third-order valence-electron chi connectivity index (χ3n) is 3.18. The molecule has 0 bridgehead atoms. The van der Waals surface area contributed by atoms with Gasteiger partial charge in [0.15, 0.2) is 0 Å². The second-order valence-corrected chi connectivity index (χ2v) is 5.33. The molecule has 0 spiro atoms. The van der Waals surface area contributed by atoms with Gasteiger partial charge in [0.05, 0.1) is 0 Å². The zero-order valence-electron chi connectivity index (χ0n) is 13.0. The maximum Gasteiger partial charge on any atom is 0.269 e. The van der Waals surface area contributed by atoms with Gasteiger partial charge in [0.2, 0.25) is 0 Å². The van der Waals surface area contributed by atoms with E-state index in [4.69, 9.17) is 0 Å². The first-order chi connectivity index (χ1) is 10.6. The number of anilines is 1. The molecule has 1 heterocycles. The average Bonchev–Trinajstić information content (AvgIpc) is 2.54. The van der Waals surface area contributed by atoms with Crippen LogP contribution in [0.3, 0.4) is 0 Å². The molecule has 0 fully saturated rings. The van der Waals surface area contributed by atoms with E-state index in [-0.39, 0.29) is 5.91 Å². The molecule has 0 atom stereocenters. The Bertz CT molecular complexity index is 599. The van der Waals surface area contributed by atoms with Crippen LogP contribution in [0.2, 0.25) is 0 Å². The fourth-order valence-corrected chi connectivity index (χ4v) is 1.95. The van der Waals surface area contributed by atoms with Crippen LogP contribution in [0.5, 0.6) is 0 Å². The van der Waals surface area contributed by atoms with Gasteiger partial charge in [-0.25, -0.2) is 0 Å². The molecule has 116 valence electrons. The fraction of sp³-hybridized carbons (Fsp3) is 0.294. The van der Waals surface area contributed by atoms with Gasteiger partial charge in [-0.3, -0.25) is 9.78 Å². The Labute approximate surface area is 131 Å². The normalized spacial score (nSPS) is 10.5. The van der Waals surface area contributed by atoms with E-state index in [0.29, 0.717) is 18.8 Å². The number of carbonyl (C=O) groups excluding carboxylic acids is 1. The van der Waals surface area contributed by atoms with Crippen molar-refractivity contribution in [2.45, 2.75) is 6.54 Å². The van der Waals surface area contributed by atoms with Gasteiger partial charge >= 0.3 is 0 Å². The minimum Gasteiger partial charge on any atom is -0.381 e. The zero-order chi connectivity index (χ0) is 15.8. The van der Waals surface area contributed by atoms with Crippen molar-refractivity contribution < 1.29 is 4.79 Å². The molecule has 1 aromatic heterocycles. The molecule has 0 unspecified atom stereocenters. The molecule has 2 aromatic rings. The maximum absolute atomic E-state index is 12.0. The number of likely N-dealkylation sites (N-methyl/N-ethyl adjacent to an activating group) is 1. The zero-order valence-corrected chi connectivity index (χ0v) is 13.0. The highest BCUT2D eigenvalue weighted by atomic mass is 16.1. The minimum absolute atomic E-state index is 0.148. The lowest BCUT2D eigenvalue weighted by Crippen LogP contribution is -2.31. The van der Waals surface area contributed by atoms with Crippen LogP contribution in [0.15, 0.2) is 48.7 Å². The summed E-state index contributed by atoms with van der Waals surface area (Å²) in [5.74, 6) is -0.148. The summed E-state index contributed by atoms with van der Waals surface area (Å²) in [6.07, 6.45) is 1.65. The van der Waals surface area contributed by atoms with Gasteiger partial charge in [-0.2, -0.15) is 0 Å². The van der Waals surface area contributed by atoms with Crippen LogP contribution in [0.1, 0.15) is 16.1 Å². The molecule has 2 N–H and O–H groups in total. The number of nitrogens with one attached hydrogen (secondary N) is 2. The molecule has 0 aliphatic rings. The van der Waals surface area contributed by atoms with Gasteiger partial charge < -0.3 is 15.5 Å². The van der Waals surface area contributed by atoms with Crippen molar-refractivity contribution in [3.8, 4) is 0 Å². The SMILES string of the molecule is CN(C)CCNC(=O)c1cc(NCc2ccccc2)ccn1. The number of rotatable bonds is 7. The molecular formula is C17H22N4O. The quantitative estimate of drug-likeness (QED) is 0.821. The lowest BCUT2D eigenvalue weighted by Gasteiger charge is -2.11. The van der Waals surface area contributed by atoms with Gasteiger partial charge in [0.25, 0.3) is 5.91 Å². The molecule has 2 rings (SSSR count). The van der Waals surface area contributed by atoms with E-state index in [1.165, 1.54) is 5.56 Å². The predicted octanol–water partition coefficient (Wildman–Crippen LogP) is 1.99. The monoisotopic (exact) mass is 298 g/mol. The lowest BCUT2D eigenvalue weighted by atomic mass is 10.2. The number of carbonyl (C=O) groups is 1. The number of nitrogens with zero attached hydrogens (tertiary/aromatic N) is 2. The Morgan fingerprint density at radius 1 is 1.18 bits per heavy atom. The summed E-state index contributed by atoms with van der Waals surface area (Å²) in [5, 5.41) is 6.16. The first-order valence-electron chi connectivity index (χ1n) is 7.32. The molecule has 0 saturated heterocycles. The Morgan fingerprint density at radius 2 is 1.95 bits per heavy atom. The van der Waals surface area contributed by atoms with E-state index >= 15 is 0 Å². The number of benzene rings is 1. The molecule has 1 amide bonds. The molecule has 0 radical (unpaired) electrons. The van der Waals surface area contributed by atoms with Crippen molar-refractivity contribution in [1.29, 1.82) is 0 Å². The number of hydrogen-bond donors (Lipinski definition) is 2. The smallest absolute Gasteiger partial charge is 0.269 e. The van der Waals surface area contributed by atoms with E-state index in [1.807, 2.05) is 43.3 Å². The van der Waals surface area contributed by atoms with Crippen LogP contribution >= 0.6 is 0 Å². The predicted molar refractivity (Wildman–Crippen MR) is 88.9 cm³/mol.